The molecule has 1 amide bonds. The molecule has 0 bridgehead atoms. The molecule has 0 aliphatic heterocycles. The number of anilines is 1. The van der Waals surface area contributed by atoms with Gasteiger partial charge >= 0.3 is 12.1 Å². The van der Waals surface area contributed by atoms with E-state index in [4.69, 9.17) is 4.74 Å². The van der Waals surface area contributed by atoms with E-state index >= 15 is 0 Å². The van der Waals surface area contributed by atoms with Crippen LogP contribution in [-0.2, 0) is 14.3 Å². The number of allylic oxidation sites excluding steroid dienone is 1. The molecule has 0 radical (unpaired) electrons. The number of rotatable bonds is 7. The summed E-state index contributed by atoms with van der Waals surface area (Å²) in [6.07, 6.45) is -4.22. The number of nitrogens with zero attached hydrogens (tertiary/aromatic N) is 2. The molecule has 11 heteroatoms. The molecule has 0 aliphatic carbocycles. The first-order valence-corrected chi connectivity index (χ1v) is 9.37. The highest BCUT2D eigenvalue weighted by Crippen LogP contribution is 2.34. The molecule has 1 heterocycles. The van der Waals surface area contributed by atoms with E-state index in [1.807, 2.05) is 0 Å². The highest BCUT2D eigenvalue weighted by atomic mass is 32.2. The summed E-state index contributed by atoms with van der Waals surface area (Å²) in [6, 6.07) is 7.01. The average molecular weight is 417 g/mol. The van der Waals surface area contributed by atoms with Crippen molar-refractivity contribution in [2.75, 3.05) is 17.7 Å². The third-order valence-corrected chi connectivity index (χ3v) is 4.87. The fourth-order valence-electron chi connectivity index (χ4n) is 1.86. The number of hydrogen-bond acceptors (Lipinski definition) is 7. The van der Waals surface area contributed by atoms with Crippen molar-refractivity contribution in [1.82, 2.24) is 10.2 Å². The lowest BCUT2D eigenvalue weighted by atomic mass is 10.1. The maximum atomic E-state index is 13.2. The average Bonchev–Trinajstić information content (AvgIpc) is 3.05. The number of ether oxygens (including phenoxy) is 1. The molecule has 1 aromatic heterocycles. The number of carbonyl (C=O) groups is 2. The zero-order valence-electron chi connectivity index (χ0n) is 13.9. The first-order valence-electron chi connectivity index (χ1n) is 7.56. The second kappa shape index (κ2) is 9.51. The van der Waals surface area contributed by atoms with Gasteiger partial charge in [-0.3, -0.25) is 14.9 Å². The van der Waals surface area contributed by atoms with Crippen LogP contribution in [0, 0.1) is 0 Å². The summed E-state index contributed by atoms with van der Waals surface area (Å²) < 4.78 is 44.8. The fraction of sp³-hybridized carbons (Fsp3) is 0.250. The first-order chi connectivity index (χ1) is 12.8. The van der Waals surface area contributed by atoms with E-state index in [1.165, 1.54) is 24.3 Å². The standard InChI is InChI=1S/C16H14F3N3O3S2/c1-2-25-13(24)9-26-15-22-21-14(27-15)20-12(23)8-11(16(17,18)19)10-6-4-3-5-7-10/h3-8H,2,9H2,1H3,(H,20,21,23)/b11-8-. The molecular weight excluding hydrogens is 403 g/mol. The maximum Gasteiger partial charge on any atom is 0.417 e. The van der Waals surface area contributed by atoms with Crippen molar-refractivity contribution >= 4 is 45.7 Å². The van der Waals surface area contributed by atoms with Crippen LogP contribution in [0.15, 0.2) is 40.7 Å². The van der Waals surface area contributed by atoms with E-state index in [-0.39, 0.29) is 23.1 Å². The Bertz CT molecular complexity index is 823. The smallest absolute Gasteiger partial charge is 0.417 e. The molecule has 0 unspecified atom stereocenters. The Kier molecular flexibility index (Phi) is 7.36. The van der Waals surface area contributed by atoms with Gasteiger partial charge in [-0.2, -0.15) is 13.2 Å². The second-order valence-electron chi connectivity index (χ2n) is 4.88. The third kappa shape index (κ3) is 6.68. The van der Waals surface area contributed by atoms with E-state index in [0.717, 1.165) is 23.1 Å². The Morgan fingerprint density at radius 2 is 1.96 bits per heavy atom. The van der Waals surface area contributed by atoms with Crippen LogP contribution in [0.5, 0.6) is 0 Å². The van der Waals surface area contributed by atoms with Crippen LogP contribution in [0.1, 0.15) is 12.5 Å². The number of nitrogens with one attached hydrogen (secondary N) is 1. The van der Waals surface area contributed by atoms with Gasteiger partial charge in [-0.25, -0.2) is 0 Å². The number of esters is 1. The van der Waals surface area contributed by atoms with Gasteiger partial charge in [0.15, 0.2) is 4.34 Å². The number of alkyl halides is 3. The monoisotopic (exact) mass is 417 g/mol. The van der Waals surface area contributed by atoms with Crippen molar-refractivity contribution in [3.8, 4) is 0 Å². The van der Waals surface area contributed by atoms with Gasteiger partial charge in [0.25, 0.3) is 5.91 Å². The number of carbonyl (C=O) groups excluding carboxylic acids is 2. The lowest BCUT2D eigenvalue weighted by Gasteiger charge is -2.11. The molecule has 2 rings (SSSR count). The van der Waals surface area contributed by atoms with Gasteiger partial charge in [-0.05, 0) is 12.5 Å². The summed E-state index contributed by atoms with van der Waals surface area (Å²) in [5.41, 5.74) is -1.19. The highest BCUT2D eigenvalue weighted by molar-refractivity contribution is 8.01. The molecule has 144 valence electrons. The maximum absolute atomic E-state index is 13.2. The summed E-state index contributed by atoms with van der Waals surface area (Å²) in [5.74, 6) is -1.39. The Balaban J connectivity index is 2.05. The molecule has 0 saturated carbocycles. The van der Waals surface area contributed by atoms with Crippen LogP contribution >= 0.6 is 23.1 Å². The van der Waals surface area contributed by atoms with Gasteiger partial charge in [-0.15, -0.1) is 10.2 Å². The predicted octanol–water partition coefficient (Wildman–Crippen LogP) is 3.78. The fourth-order valence-corrected chi connectivity index (χ4v) is 3.41. The Labute approximate surface area is 160 Å². The quantitative estimate of drug-likeness (QED) is 0.320. The summed E-state index contributed by atoms with van der Waals surface area (Å²) >= 11 is 2.00. The Hall–Kier alpha value is -2.40. The van der Waals surface area contributed by atoms with Crippen molar-refractivity contribution in [3.63, 3.8) is 0 Å². The molecule has 0 spiro atoms. The molecule has 0 aliphatic rings. The Morgan fingerprint density at radius 1 is 1.26 bits per heavy atom. The number of aromatic nitrogens is 2. The topological polar surface area (TPSA) is 81.2 Å². The van der Waals surface area contributed by atoms with Gasteiger partial charge in [0, 0.05) is 6.08 Å². The van der Waals surface area contributed by atoms with Crippen LogP contribution in [-0.4, -0.2) is 40.6 Å². The van der Waals surface area contributed by atoms with E-state index in [1.54, 1.807) is 13.0 Å². The number of hydrogen-bond donors (Lipinski definition) is 1. The van der Waals surface area contributed by atoms with Crippen LogP contribution < -0.4 is 5.32 Å². The van der Waals surface area contributed by atoms with E-state index in [2.05, 4.69) is 15.5 Å². The van der Waals surface area contributed by atoms with Crippen LogP contribution in [0.2, 0.25) is 0 Å². The highest BCUT2D eigenvalue weighted by Gasteiger charge is 2.35. The normalized spacial score (nSPS) is 11.9. The summed E-state index contributed by atoms with van der Waals surface area (Å²) in [6.45, 7) is 1.94. The molecule has 1 aromatic carbocycles. The van der Waals surface area contributed by atoms with Crippen molar-refractivity contribution in [1.29, 1.82) is 0 Å². The van der Waals surface area contributed by atoms with Gasteiger partial charge in [-0.1, -0.05) is 53.4 Å². The van der Waals surface area contributed by atoms with Crippen molar-refractivity contribution < 1.29 is 27.5 Å². The molecule has 1 N–H and O–H groups in total. The number of thioether (sulfide) groups is 1. The van der Waals surface area contributed by atoms with Crippen LogP contribution in [0.3, 0.4) is 0 Å². The lowest BCUT2D eigenvalue weighted by molar-refractivity contribution is -0.139. The number of benzene rings is 1. The van der Waals surface area contributed by atoms with Crippen LogP contribution in [0.25, 0.3) is 5.57 Å². The Morgan fingerprint density at radius 3 is 2.59 bits per heavy atom. The van der Waals surface area contributed by atoms with E-state index in [0.29, 0.717) is 10.4 Å². The van der Waals surface area contributed by atoms with E-state index < -0.39 is 23.6 Å². The minimum atomic E-state index is -4.69. The molecule has 27 heavy (non-hydrogen) atoms. The minimum Gasteiger partial charge on any atom is -0.465 e. The minimum absolute atomic E-state index is 0.0164. The lowest BCUT2D eigenvalue weighted by Crippen LogP contribution is -2.16. The molecule has 2 aromatic rings. The van der Waals surface area contributed by atoms with Gasteiger partial charge < -0.3 is 4.74 Å². The molecule has 0 fully saturated rings. The van der Waals surface area contributed by atoms with E-state index in [9.17, 15) is 22.8 Å². The zero-order valence-corrected chi connectivity index (χ0v) is 15.6. The third-order valence-electron chi connectivity index (χ3n) is 2.92. The number of amides is 1. The molecular formula is C16H14F3N3O3S2. The molecule has 0 atom stereocenters. The molecule has 6 nitrogen and oxygen atoms in total. The largest absolute Gasteiger partial charge is 0.465 e. The second-order valence-corrected chi connectivity index (χ2v) is 7.08. The van der Waals surface area contributed by atoms with Crippen molar-refractivity contribution in [3.05, 3.63) is 42.0 Å². The van der Waals surface area contributed by atoms with Gasteiger partial charge in [0.05, 0.1) is 17.9 Å². The van der Waals surface area contributed by atoms with Gasteiger partial charge in [0.2, 0.25) is 5.13 Å². The van der Waals surface area contributed by atoms with Crippen molar-refractivity contribution in [2.24, 2.45) is 0 Å². The SMILES string of the molecule is CCOC(=O)CSc1nnc(NC(=O)/C=C(/c2ccccc2)C(F)(F)F)s1. The first kappa shape index (κ1) is 20.9. The van der Waals surface area contributed by atoms with Gasteiger partial charge in [0.1, 0.15) is 0 Å². The number of halogens is 3. The predicted molar refractivity (Wildman–Crippen MR) is 96.4 cm³/mol. The summed E-state index contributed by atoms with van der Waals surface area (Å²) in [7, 11) is 0. The van der Waals surface area contributed by atoms with Crippen LogP contribution in [0.4, 0.5) is 18.3 Å². The summed E-state index contributed by atoms with van der Waals surface area (Å²) in [5, 5.41) is 9.70. The van der Waals surface area contributed by atoms with Crippen molar-refractivity contribution in [2.45, 2.75) is 17.4 Å². The zero-order chi connectivity index (χ0) is 19.9. The molecule has 0 saturated heterocycles. The summed E-state index contributed by atoms with van der Waals surface area (Å²) in [4.78, 5) is 23.3.